The molecule has 1 amide bonds. The van der Waals surface area contributed by atoms with Crippen LogP contribution in [0.3, 0.4) is 0 Å². The van der Waals surface area contributed by atoms with Crippen molar-refractivity contribution >= 4 is 34.9 Å². The van der Waals surface area contributed by atoms with Crippen molar-refractivity contribution in [2.75, 3.05) is 24.3 Å². The minimum absolute atomic E-state index is 0.471. The molecule has 0 aliphatic heterocycles. The van der Waals surface area contributed by atoms with Crippen molar-refractivity contribution < 1.29 is 14.7 Å². The van der Waals surface area contributed by atoms with E-state index in [2.05, 4.69) is 5.32 Å². The molecule has 0 saturated heterocycles. The zero-order chi connectivity index (χ0) is 13.9. The molecule has 1 rings (SSSR count). The van der Waals surface area contributed by atoms with Gasteiger partial charge in [0.1, 0.15) is 5.92 Å². The van der Waals surface area contributed by atoms with Crippen molar-refractivity contribution in [3.8, 4) is 0 Å². The van der Waals surface area contributed by atoms with Crippen molar-refractivity contribution in [2.24, 2.45) is 5.92 Å². The molecule has 18 heavy (non-hydrogen) atoms. The SMILES string of the molecule is CC(C(=O)O)C(=O)Nc1cc(Cl)ccc1N(C)C. The van der Waals surface area contributed by atoms with Crippen LogP contribution in [0.4, 0.5) is 11.4 Å². The highest BCUT2D eigenvalue weighted by molar-refractivity contribution is 6.31. The second-order valence-electron chi connectivity index (χ2n) is 4.11. The Morgan fingerprint density at radius 3 is 2.50 bits per heavy atom. The van der Waals surface area contributed by atoms with Gasteiger partial charge in [-0.25, -0.2) is 0 Å². The summed E-state index contributed by atoms with van der Waals surface area (Å²) in [4.78, 5) is 24.2. The molecule has 0 bridgehead atoms. The van der Waals surface area contributed by atoms with Crippen molar-refractivity contribution in [3.63, 3.8) is 0 Å². The molecule has 1 unspecified atom stereocenters. The smallest absolute Gasteiger partial charge is 0.315 e. The predicted octanol–water partition coefficient (Wildman–Crippen LogP) is 2.07. The van der Waals surface area contributed by atoms with Crippen LogP contribution in [0.15, 0.2) is 18.2 Å². The number of aliphatic carboxylic acids is 1. The fourth-order valence-corrected chi connectivity index (χ4v) is 1.52. The van der Waals surface area contributed by atoms with Gasteiger partial charge in [-0.1, -0.05) is 11.6 Å². The molecule has 0 fully saturated rings. The number of carbonyl (C=O) groups excluding carboxylic acids is 1. The summed E-state index contributed by atoms with van der Waals surface area (Å²) in [5.41, 5.74) is 1.25. The van der Waals surface area contributed by atoms with Crippen LogP contribution < -0.4 is 10.2 Å². The Morgan fingerprint density at radius 1 is 1.39 bits per heavy atom. The molecule has 1 aromatic rings. The van der Waals surface area contributed by atoms with Crippen molar-refractivity contribution in [1.29, 1.82) is 0 Å². The molecule has 0 radical (unpaired) electrons. The number of nitrogens with zero attached hydrogens (tertiary/aromatic N) is 1. The number of benzene rings is 1. The fraction of sp³-hybridized carbons (Fsp3) is 0.333. The first-order valence-corrected chi connectivity index (χ1v) is 5.71. The number of rotatable bonds is 4. The van der Waals surface area contributed by atoms with Gasteiger partial charge in [-0.2, -0.15) is 0 Å². The summed E-state index contributed by atoms with van der Waals surface area (Å²) in [6.45, 7) is 1.33. The molecule has 2 N–H and O–H groups in total. The van der Waals surface area contributed by atoms with Crippen LogP contribution in [0.2, 0.25) is 5.02 Å². The first-order valence-electron chi connectivity index (χ1n) is 5.33. The summed E-state index contributed by atoms with van der Waals surface area (Å²) < 4.78 is 0. The van der Waals surface area contributed by atoms with E-state index >= 15 is 0 Å². The van der Waals surface area contributed by atoms with E-state index in [0.29, 0.717) is 10.7 Å². The van der Waals surface area contributed by atoms with Gasteiger partial charge in [-0.3, -0.25) is 9.59 Å². The zero-order valence-electron chi connectivity index (χ0n) is 10.4. The first kappa shape index (κ1) is 14.3. The molecule has 1 atom stereocenters. The average Bonchev–Trinajstić information content (AvgIpc) is 2.27. The molecule has 0 aliphatic carbocycles. The largest absolute Gasteiger partial charge is 0.481 e. The maximum absolute atomic E-state index is 11.7. The Hall–Kier alpha value is -1.75. The lowest BCUT2D eigenvalue weighted by molar-refractivity contribution is -0.144. The number of hydrogen-bond donors (Lipinski definition) is 2. The van der Waals surface area contributed by atoms with Gasteiger partial charge in [0.05, 0.1) is 11.4 Å². The highest BCUT2D eigenvalue weighted by Gasteiger charge is 2.21. The normalized spacial score (nSPS) is 11.8. The van der Waals surface area contributed by atoms with Gasteiger partial charge in [0.25, 0.3) is 0 Å². The highest BCUT2D eigenvalue weighted by atomic mass is 35.5. The first-order chi connectivity index (χ1) is 8.32. The Bertz CT molecular complexity index is 474. The van der Waals surface area contributed by atoms with Crippen molar-refractivity contribution in [1.82, 2.24) is 0 Å². The van der Waals surface area contributed by atoms with Gasteiger partial charge in [0.15, 0.2) is 0 Å². The van der Waals surface area contributed by atoms with Gasteiger partial charge in [0.2, 0.25) is 5.91 Å². The summed E-state index contributed by atoms with van der Waals surface area (Å²) >= 11 is 5.86. The third-order valence-corrected chi connectivity index (χ3v) is 2.70. The maximum Gasteiger partial charge on any atom is 0.315 e. The van der Waals surface area contributed by atoms with E-state index in [4.69, 9.17) is 16.7 Å². The van der Waals surface area contributed by atoms with Crippen molar-refractivity contribution in [3.05, 3.63) is 23.2 Å². The molecule has 0 aromatic heterocycles. The molecular weight excluding hydrogens is 256 g/mol. The van der Waals surface area contributed by atoms with Crippen LogP contribution in [-0.2, 0) is 9.59 Å². The van der Waals surface area contributed by atoms with Crippen molar-refractivity contribution in [2.45, 2.75) is 6.92 Å². The number of carboxylic acid groups (broad SMARTS) is 1. The molecule has 1 aromatic carbocycles. The quantitative estimate of drug-likeness (QED) is 0.822. The summed E-state index contributed by atoms with van der Waals surface area (Å²) in [5, 5.41) is 11.8. The number of halogens is 1. The van der Waals surface area contributed by atoms with E-state index in [0.717, 1.165) is 5.69 Å². The van der Waals surface area contributed by atoms with Crippen LogP contribution >= 0.6 is 11.6 Å². The van der Waals surface area contributed by atoms with Crippen LogP contribution in [0, 0.1) is 5.92 Å². The van der Waals surface area contributed by atoms with E-state index in [-0.39, 0.29) is 0 Å². The van der Waals surface area contributed by atoms with Gasteiger partial charge >= 0.3 is 5.97 Å². The third kappa shape index (κ3) is 3.37. The average molecular weight is 271 g/mol. The second kappa shape index (κ2) is 5.73. The van der Waals surface area contributed by atoms with Crippen LogP contribution in [0.1, 0.15) is 6.92 Å². The summed E-state index contributed by atoms with van der Waals surface area (Å²) in [6.07, 6.45) is 0. The van der Waals surface area contributed by atoms with E-state index in [1.165, 1.54) is 6.92 Å². The Labute approximate surface area is 110 Å². The molecule has 0 saturated carbocycles. The molecule has 0 spiro atoms. The number of amides is 1. The number of anilines is 2. The number of hydrogen-bond acceptors (Lipinski definition) is 3. The molecule has 98 valence electrons. The molecule has 5 nitrogen and oxygen atoms in total. The van der Waals surface area contributed by atoms with E-state index in [1.54, 1.807) is 23.1 Å². The van der Waals surface area contributed by atoms with Gasteiger partial charge < -0.3 is 15.3 Å². The third-order valence-electron chi connectivity index (χ3n) is 2.46. The second-order valence-corrected chi connectivity index (χ2v) is 4.54. The monoisotopic (exact) mass is 270 g/mol. The van der Waals surface area contributed by atoms with Gasteiger partial charge in [-0.15, -0.1) is 0 Å². The number of carboxylic acids is 1. The Balaban J connectivity index is 2.99. The Kier molecular flexibility index (Phi) is 4.55. The van der Waals surface area contributed by atoms with Gasteiger partial charge in [-0.05, 0) is 25.1 Å². The zero-order valence-corrected chi connectivity index (χ0v) is 11.2. The Morgan fingerprint density at radius 2 is 2.00 bits per heavy atom. The number of nitrogens with one attached hydrogen (secondary N) is 1. The van der Waals surface area contributed by atoms with Crippen LogP contribution in [0.5, 0.6) is 0 Å². The standard InChI is InChI=1S/C12H15ClN2O3/c1-7(12(17)18)11(16)14-9-6-8(13)4-5-10(9)15(2)3/h4-7H,1-3H3,(H,14,16)(H,17,18). The fourth-order valence-electron chi connectivity index (χ4n) is 1.35. The summed E-state index contributed by atoms with van der Waals surface area (Å²) in [7, 11) is 3.64. The number of carbonyl (C=O) groups is 2. The molecule has 0 heterocycles. The lowest BCUT2D eigenvalue weighted by Crippen LogP contribution is -2.27. The van der Waals surface area contributed by atoms with E-state index in [1.807, 2.05) is 14.1 Å². The highest BCUT2D eigenvalue weighted by Crippen LogP contribution is 2.28. The predicted molar refractivity (Wildman–Crippen MR) is 71.2 cm³/mol. The minimum Gasteiger partial charge on any atom is -0.481 e. The van der Waals surface area contributed by atoms with E-state index < -0.39 is 17.8 Å². The lowest BCUT2D eigenvalue weighted by Gasteiger charge is -2.19. The molecule has 0 aliphatic rings. The van der Waals surface area contributed by atoms with Crippen LogP contribution in [0.25, 0.3) is 0 Å². The van der Waals surface area contributed by atoms with Gasteiger partial charge in [0, 0.05) is 19.1 Å². The molecule has 6 heteroatoms. The van der Waals surface area contributed by atoms with Crippen LogP contribution in [-0.4, -0.2) is 31.1 Å². The minimum atomic E-state index is -1.17. The molecular formula is C12H15ClN2O3. The summed E-state index contributed by atoms with van der Waals surface area (Å²) in [6, 6.07) is 5.04. The van der Waals surface area contributed by atoms with E-state index in [9.17, 15) is 9.59 Å². The maximum atomic E-state index is 11.7. The summed E-state index contributed by atoms with van der Waals surface area (Å²) in [5.74, 6) is -2.85. The lowest BCUT2D eigenvalue weighted by atomic mass is 10.1. The topological polar surface area (TPSA) is 69.6 Å².